The number of imidazole rings is 1. The molecule has 20 heavy (non-hydrogen) atoms. The summed E-state index contributed by atoms with van der Waals surface area (Å²) in [6, 6.07) is 5.30. The van der Waals surface area contributed by atoms with Gasteiger partial charge in [0.25, 0.3) is 0 Å². The number of rotatable bonds is 4. The molecule has 1 heterocycles. The molecule has 0 atom stereocenters. The summed E-state index contributed by atoms with van der Waals surface area (Å²) in [7, 11) is 1.55. The maximum absolute atomic E-state index is 11.7. The van der Waals surface area contributed by atoms with E-state index in [-0.39, 0.29) is 5.69 Å². The minimum Gasteiger partial charge on any atom is -0.495 e. The predicted octanol–water partition coefficient (Wildman–Crippen LogP) is 3.22. The van der Waals surface area contributed by atoms with Crippen molar-refractivity contribution >= 4 is 17.6 Å². The number of aromatic nitrogens is 2. The molecule has 1 aromatic carbocycles. The Morgan fingerprint density at radius 3 is 2.80 bits per heavy atom. The fourth-order valence-electron chi connectivity index (χ4n) is 1.81. The van der Waals surface area contributed by atoms with E-state index in [1.54, 1.807) is 33.1 Å². The van der Waals surface area contributed by atoms with Crippen LogP contribution in [0.4, 0.5) is 0 Å². The molecule has 1 N–H and O–H groups in total. The standard InChI is InChI=1S/C14H15ClN2O3/c1-4-20-14(18)12-8(2)16-13(17-12)9-5-6-11(19-3)10(15)7-9/h5-7H,4H2,1-3H3,(H,16,17). The van der Waals surface area contributed by atoms with E-state index in [4.69, 9.17) is 21.1 Å². The van der Waals surface area contributed by atoms with Gasteiger partial charge in [0.15, 0.2) is 5.69 Å². The van der Waals surface area contributed by atoms with Crippen molar-refractivity contribution in [2.24, 2.45) is 0 Å². The molecular formula is C14H15ClN2O3. The highest BCUT2D eigenvalue weighted by atomic mass is 35.5. The molecule has 0 fully saturated rings. The molecule has 5 nitrogen and oxygen atoms in total. The van der Waals surface area contributed by atoms with Crippen molar-refractivity contribution in [2.75, 3.05) is 13.7 Å². The molecule has 0 aliphatic heterocycles. The van der Waals surface area contributed by atoms with Crippen molar-refractivity contribution in [1.29, 1.82) is 0 Å². The number of nitrogens with zero attached hydrogens (tertiary/aromatic N) is 1. The average Bonchev–Trinajstić information content (AvgIpc) is 2.81. The van der Waals surface area contributed by atoms with Gasteiger partial charge in [-0.2, -0.15) is 0 Å². The van der Waals surface area contributed by atoms with Crippen LogP contribution in [0.3, 0.4) is 0 Å². The molecule has 0 unspecified atom stereocenters. The number of ether oxygens (including phenoxy) is 2. The lowest BCUT2D eigenvalue weighted by Gasteiger charge is -2.04. The van der Waals surface area contributed by atoms with E-state index in [0.717, 1.165) is 5.56 Å². The summed E-state index contributed by atoms with van der Waals surface area (Å²) in [5.41, 5.74) is 1.72. The van der Waals surface area contributed by atoms with Gasteiger partial charge in [-0.3, -0.25) is 0 Å². The summed E-state index contributed by atoms with van der Waals surface area (Å²) in [4.78, 5) is 19.0. The number of nitrogens with one attached hydrogen (secondary N) is 1. The fourth-order valence-corrected chi connectivity index (χ4v) is 2.07. The highest BCUT2D eigenvalue weighted by Crippen LogP contribution is 2.29. The Bertz CT molecular complexity index is 637. The number of esters is 1. The second-order valence-electron chi connectivity index (χ2n) is 4.13. The maximum atomic E-state index is 11.7. The molecule has 6 heteroatoms. The van der Waals surface area contributed by atoms with Crippen molar-refractivity contribution < 1.29 is 14.3 Å². The van der Waals surface area contributed by atoms with Gasteiger partial charge in [-0.1, -0.05) is 11.6 Å². The molecular weight excluding hydrogens is 280 g/mol. The number of aromatic amines is 1. The summed E-state index contributed by atoms with van der Waals surface area (Å²) in [6.07, 6.45) is 0. The Kier molecular flexibility index (Phi) is 4.29. The second kappa shape index (κ2) is 5.96. The van der Waals surface area contributed by atoms with Crippen LogP contribution in [-0.4, -0.2) is 29.7 Å². The van der Waals surface area contributed by atoms with Crippen molar-refractivity contribution in [3.63, 3.8) is 0 Å². The molecule has 0 bridgehead atoms. The Balaban J connectivity index is 2.37. The van der Waals surface area contributed by atoms with Crippen LogP contribution >= 0.6 is 11.6 Å². The zero-order valence-electron chi connectivity index (χ0n) is 11.5. The average molecular weight is 295 g/mol. The topological polar surface area (TPSA) is 64.2 Å². The summed E-state index contributed by atoms with van der Waals surface area (Å²) >= 11 is 6.08. The Morgan fingerprint density at radius 1 is 1.45 bits per heavy atom. The molecule has 0 aliphatic carbocycles. The number of hydrogen-bond acceptors (Lipinski definition) is 4. The SMILES string of the molecule is CCOC(=O)c1nc(-c2ccc(OC)c(Cl)c2)[nH]c1C. The highest BCUT2D eigenvalue weighted by molar-refractivity contribution is 6.32. The Hall–Kier alpha value is -2.01. The van der Waals surface area contributed by atoms with E-state index in [2.05, 4.69) is 9.97 Å². The lowest BCUT2D eigenvalue weighted by molar-refractivity contribution is 0.0519. The van der Waals surface area contributed by atoms with Gasteiger partial charge in [0.05, 0.1) is 18.7 Å². The number of hydrogen-bond donors (Lipinski definition) is 1. The van der Waals surface area contributed by atoms with Crippen LogP contribution in [0.5, 0.6) is 5.75 Å². The molecule has 0 spiro atoms. The first-order valence-corrected chi connectivity index (χ1v) is 6.52. The number of halogens is 1. The van der Waals surface area contributed by atoms with Crippen molar-refractivity contribution in [3.8, 4) is 17.1 Å². The van der Waals surface area contributed by atoms with Crippen LogP contribution in [0.2, 0.25) is 5.02 Å². The van der Waals surface area contributed by atoms with Crippen molar-refractivity contribution in [2.45, 2.75) is 13.8 Å². The van der Waals surface area contributed by atoms with Crippen LogP contribution in [-0.2, 0) is 4.74 Å². The van der Waals surface area contributed by atoms with Gasteiger partial charge in [-0.15, -0.1) is 0 Å². The van der Waals surface area contributed by atoms with E-state index in [9.17, 15) is 4.79 Å². The van der Waals surface area contributed by atoms with E-state index in [1.165, 1.54) is 0 Å². The summed E-state index contributed by atoms with van der Waals surface area (Å²) in [5, 5.41) is 0.483. The third kappa shape index (κ3) is 2.77. The largest absolute Gasteiger partial charge is 0.495 e. The second-order valence-corrected chi connectivity index (χ2v) is 4.54. The van der Waals surface area contributed by atoms with Crippen LogP contribution in [0.25, 0.3) is 11.4 Å². The number of carbonyl (C=O) groups is 1. The predicted molar refractivity (Wildman–Crippen MR) is 76.3 cm³/mol. The molecule has 0 saturated heterocycles. The quantitative estimate of drug-likeness (QED) is 0.879. The van der Waals surface area contributed by atoms with Crippen molar-refractivity contribution in [3.05, 3.63) is 34.6 Å². The normalized spacial score (nSPS) is 10.4. The van der Waals surface area contributed by atoms with E-state index in [1.807, 2.05) is 6.07 Å². The molecule has 1 aromatic heterocycles. The van der Waals surface area contributed by atoms with Crippen LogP contribution in [0, 0.1) is 6.92 Å². The molecule has 0 aliphatic rings. The van der Waals surface area contributed by atoms with Gasteiger partial charge in [0.1, 0.15) is 11.6 Å². The third-order valence-electron chi connectivity index (χ3n) is 2.78. The highest BCUT2D eigenvalue weighted by Gasteiger charge is 2.17. The molecule has 2 rings (SSSR count). The van der Waals surface area contributed by atoms with Gasteiger partial charge in [-0.25, -0.2) is 9.78 Å². The number of methoxy groups -OCH3 is 1. The summed E-state index contributed by atoms with van der Waals surface area (Å²) in [5.74, 6) is 0.714. The van der Waals surface area contributed by atoms with Gasteiger partial charge in [0, 0.05) is 11.3 Å². The van der Waals surface area contributed by atoms with Crippen LogP contribution in [0.15, 0.2) is 18.2 Å². The van der Waals surface area contributed by atoms with E-state index >= 15 is 0 Å². The van der Waals surface area contributed by atoms with Crippen molar-refractivity contribution in [1.82, 2.24) is 9.97 Å². The van der Waals surface area contributed by atoms with Gasteiger partial charge < -0.3 is 14.5 Å². The summed E-state index contributed by atoms with van der Waals surface area (Å²) in [6.45, 7) is 3.84. The molecule has 0 radical (unpaired) electrons. The van der Waals surface area contributed by atoms with Crippen LogP contribution < -0.4 is 4.74 Å². The molecule has 106 valence electrons. The number of benzene rings is 1. The van der Waals surface area contributed by atoms with Crippen LogP contribution in [0.1, 0.15) is 23.1 Å². The number of aryl methyl sites for hydroxylation is 1. The minimum atomic E-state index is -0.438. The first-order chi connectivity index (χ1) is 9.56. The fraction of sp³-hybridized carbons (Fsp3) is 0.286. The van der Waals surface area contributed by atoms with Gasteiger partial charge in [-0.05, 0) is 32.0 Å². The number of H-pyrrole nitrogens is 1. The zero-order chi connectivity index (χ0) is 14.7. The Morgan fingerprint density at radius 2 is 2.20 bits per heavy atom. The monoisotopic (exact) mass is 294 g/mol. The molecule has 0 amide bonds. The summed E-state index contributed by atoms with van der Waals surface area (Å²) < 4.78 is 10.0. The Labute approximate surface area is 121 Å². The minimum absolute atomic E-state index is 0.286. The molecule has 0 saturated carbocycles. The molecule has 2 aromatic rings. The lowest BCUT2D eigenvalue weighted by Crippen LogP contribution is -2.06. The maximum Gasteiger partial charge on any atom is 0.358 e. The van der Waals surface area contributed by atoms with Gasteiger partial charge in [0.2, 0.25) is 0 Å². The lowest BCUT2D eigenvalue weighted by atomic mass is 10.2. The first kappa shape index (κ1) is 14.4. The first-order valence-electron chi connectivity index (χ1n) is 6.14. The van der Waals surface area contributed by atoms with E-state index in [0.29, 0.717) is 28.9 Å². The third-order valence-corrected chi connectivity index (χ3v) is 3.07. The zero-order valence-corrected chi connectivity index (χ0v) is 12.2. The van der Waals surface area contributed by atoms with E-state index < -0.39 is 5.97 Å². The number of carbonyl (C=O) groups excluding carboxylic acids is 1. The van der Waals surface area contributed by atoms with Gasteiger partial charge >= 0.3 is 5.97 Å². The smallest absolute Gasteiger partial charge is 0.358 e.